The molecule has 0 spiro atoms. The van der Waals surface area contributed by atoms with Crippen molar-refractivity contribution in [1.29, 1.82) is 0 Å². The van der Waals surface area contributed by atoms with Crippen LogP contribution in [0.5, 0.6) is 0 Å². The number of nitrogens with one attached hydrogen (secondary N) is 1. The van der Waals surface area contributed by atoms with Crippen LogP contribution in [0.15, 0.2) is 30.4 Å². The zero-order chi connectivity index (χ0) is 14.4. The minimum absolute atomic E-state index is 0.0389. The number of rotatable bonds is 6. The molecule has 1 N–H and O–H groups in total. The van der Waals surface area contributed by atoms with E-state index in [1.54, 1.807) is 6.07 Å². The summed E-state index contributed by atoms with van der Waals surface area (Å²) in [6.07, 6.45) is 0. The number of benzene rings is 1. The standard InChI is InChI=1S/C15H21ClN2O/c1-5-18(9-11(2)3)10-15(19)17-13-7-6-12(4)14(16)8-13/h6-8H,2,5,9-10H2,1,3-4H3,(H,17,19). The van der Waals surface area contributed by atoms with E-state index in [1.807, 2.05) is 37.8 Å². The number of anilines is 1. The average molecular weight is 281 g/mol. The summed E-state index contributed by atoms with van der Waals surface area (Å²) < 4.78 is 0. The third-order valence-corrected chi connectivity index (χ3v) is 3.17. The molecule has 0 aliphatic carbocycles. The van der Waals surface area contributed by atoms with Gasteiger partial charge in [-0.05, 0) is 38.1 Å². The molecule has 0 aliphatic heterocycles. The highest BCUT2D eigenvalue weighted by molar-refractivity contribution is 6.31. The third-order valence-electron chi connectivity index (χ3n) is 2.76. The predicted octanol–water partition coefficient (Wildman–Crippen LogP) is 3.48. The molecule has 0 radical (unpaired) electrons. The number of hydrogen-bond donors (Lipinski definition) is 1. The highest BCUT2D eigenvalue weighted by Gasteiger charge is 2.09. The molecule has 0 saturated carbocycles. The van der Waals surface area contributed by atoms with E-state index in [9.17, 15) is 4.79 Å². The van der Waals surface area contributed by atoms with Crippen molar-refractivity contribution in [1.82, 2.24) is 4.90 Å². The number of hydrogen-bond acceptors (Lipinski definition) is 2. The Morgan fingerprint density at radius 1 is 1.42 bits per heavy atom. The van der Waals surface area contributed by atoms with E-state index in [0.717, 1.165) is 29.9 Å². The first kappa shape index (κ1) is 15.7. The van der Waals surface area contributed by atoms with E-state index < -0.39 is 0 Å². The van der Waals surface area contributed by atoms with Crippen molar-refractivity contribution >= 4 is 23.2 Å². The number of likely N-dealkylation sites (N-methyl/N-ethyl adjacent to an activating group) is 1. The lowest BCUT2D eigenvalue weighted by Gasteiger charge is -2.19. The summed E-state index contributed by atoms with van der Waals surface area (Å²) in [6, 6.07) is 5.52. The normalized spacial score (nSPS) is 10.6. The maximum Gasteiger partial charge on any atom is 0.238 e. The fourth-order valence-corrected chi connectivity index (χ4v) is 1.92. The SMILES string of the molecule is C=C(C)CN(CC)CC(=O)Nc1ccc(C)c(Cl)c1. The second-order valence-corrected chi connectivity index (χ2v) is 5.18. The van der Waals surface area contributed by atoms with Crippen LogP contribution in [0.4, 0.5) is 5.69 Å². The first-order valence-electron chi connectivity index (χ1n) is 6.35. The minimum Gasteiger partial charge on any atom is -0.325 e. The summed E-state index contributed by atoms with van der Waals surface area (Å²) in [6.45, 7) is 11.7. The molecule has 1 rings (SSSR count). The minimum atomic E-state index is -0.0389. The molecule has 0 heterocycles. The number of aryl methyl sites for hydroxylation is 1. The van der Waals surface area contributed by atoms with E-state index in [0.29, 0.717) is 11.6 Å². The van der Waals surface area contributed by atoms with Crippen molar-refractivity contribution < 1.29 is 4.79 Å². The molecule has 1 aromatic carbocycles. The van der Waals surface area contributed by atoms with Gasteiger partial charge in [0.1, 0.15) is 0 Å². The van der Waals surface area contributed by atoms with Gasteiger partial charge in [-0.2, -0.15) is 0 Å². The van der Waals surface area contributed by atoms with E-state index in [-0.39, 0.29) is 5.91 Å². The Morgan fingerprint density at radius 2 is 2.11 bits per heavy atom. The first-order chi connectivity index (χ1) is 8.92. The van der Waals surface area contributed by atoms with Gasteiger partial charge in [-0.1, -0.05) is 36.7 Å². The van der Waals surface area contributed by atoms with Crippen LogP contribution in [0.25, 0.3) is 0 Å². The van der Waals surface area contributed by atoms with Gasteiger partial charge in [-0.25, -0.2) is 0 Å². The molecular formula is C15H21ClN2O. The number of halogens is 1. The molecule has 0 fully saturated rings. The molecule has 0 aliphatic rings. The van der Waals surface area contributed by atoms with Crippen molar-refractivity contribution in [3.63, 3.8) is 0 Å². The fourth-order valence-electron chi connectivity index (χ4n) is 1.74. The summed E-state index contributed by atoms with van der Waals surface area (Å²) in [7, 11) is 0. The molecule has 0 saturated heterocycles. The first-order valence-corrected chi connectivity index (χ1v) is 6.73. The molecule has 1 aromatic rings. The number of amides is 1. The van der Waals surface area contributed by atoms with Crippen LogP contribution in [0.2, 0.25) is 5.02 Å². The van der Waals surface area contributed by atoms with Gasteiger partial charge in [0.15, 0.2) is 0 Å². The highest BCUT2D eigenvalue weighted by Crippen LogP contribution is 2.19. The quantitative estimate of drug-likeness (QED) is 0.809. The third kappa shape index (κ3) is 5.45. The molecule has 4 heteroatoms. The number of carbonyl (C=O) groups excluding carboxylic acids is 1. The summed E-state index contributed by atoms with van der Waals surface area (Å²) in [5, 5.41) is 3.51. The summed E-state index contributed by atoms with van der Waals surface area (Å²) >= 11 is 6.03. The van der Waals surface area contributed by atoms with Crippen LogP contribution in [0.1, 0.15) is 19.4 Å². The maximum absolute atomic E-state index is 11.9. The Hall–Kier alpha value is -1.32. The van der Waals surface area contributed by atoms with Crippen molar-refractivity contribution in [3.8, 4) is 0 Å². The molecule has 19 heavy (non-hydrogen) atoms. The predicted molar refractivity (Wildman–Crippen MR) is 81.7 cm³/mol. The van der Waals surface area contributed by atoms with Gasteiger partial charge in [0.05, 0.1) is 6.54 Å². The fraction of sp³-hybridized carbons (Fsp3) is 0.400. The zero-order valence-corrected chi connectivity index (χ0v) is 12.5. The Morgan fingerprint density at radius 3 is 2.63 bits per heavy atom. The van der Waals surface area contributed by atoms with Crippen molar-refractivity contribution in [3.05, 3.63) is 40.9 Å². The van der Waals surface area contributed by atoms with Gasteiger partial charge in [0.25, 0.3) is 0 Å². The summed E-state index contributed by atoms with van der Waals surface area (Å²) in [5.74, 6) is -0.0389. The van der Waals surface area contributed by atoms with Gasteiger partial charge in [-0.15, -0.1) is 0 Å². The van der Waals surface area contributed by atoms with Crippen LogP contribution in [0.3, 0.4) is 0 Å². The lowest BCUT2D eigenvalue weighted by molar-refractivity contribution is -0.117. The van der Waals surface area contributed by atoms with Crippen LogP contribution in [-0.2, 0) is 4.79 Å². The van der Waals surface area contributed by atoms with Crippen LogP contribution < -0.4 is 5.32 Å². The molecule has 1 amide bonds. The van der Waals surface area contributed by atoms with E-state index in [2.05, 4.69) is 11.9 Å². The average Bonchev–Trinajstić information content (AvgIpc) is 2.32. The van der Waals surface area contributed by atoms with Gasteiger partial charge < -0.3 is 5.32 Å². The second kappa shape index (κ2) is 7.31. The van der Waals surface area contributed by atoms with Gasteiger partial charge in [-0.3, -0.25) is 9.69 Å². The Kier molecular flexibility index (Phi) is 6.06. The largest absolute Gasteiger partial charge is 0.325 e. The molecule has 0 aromatic heterocycles. The monoisotopic (exact) mass is 280 g/mol. The topological polar surface area (TPSA) is 32.3 Å². The van der Waals surface area contributed by atoms with Crippen molar-refractivity contribution in [2.45, 2.75) is 20.8 Å². The lowest BCUT2D eigenvalue weighted by Crippen LogP contribution is -2.34. The van der Waals surface area contributed by atoms with Crippen LogP contribution >= 0.6 is 11.6 Å². The molecule has 104 valence electrons. The lowest BCUT2D eigenvalue weighted by atomic mass is 10.2. The summed E-state index contributed by atoms with van der Waals surface area (Å²) in [5.41, 5.74) is 2.78. The number of nitrogens with zero attached hydrogens (tertiary/aromatic N) is 1. The second-order valence-electron chi connectivity index (χ2n) is 4.77. The molecule has 3 nitrogen and oxygen atoms in total. The van der Waals surface area contributed by atoms with E-state index >= 15 is 0 Å². The molecular weight excluding hydrogens is 260 g/mol. The van der Waals surface area contributed by atoms with Gasteiger partial charge in [0.2, 0.25) is 5.91 Å². The van der Waals surface area contributed by atoms with Gasteiger partial charge >= 0.3 is 0 Å². The molecule has 0 unspecified atom stereocenters. The van der Waals surface area contributed by atoms with E-state index in [4.69, 9.17) is 11.6 Å². The van der Waals surface area contributed by atoms with Gasteiger partial charge in [0, 0.05) is 17.3 Å². The Bertz CT molecular complexity index is 471. The Labute approximate surface area is 120 Å². The van der Waals surface area contributed by atoms with Crippen molar-refractivity contribution in [2.75, 3.05) is 25.0 Å². The maximum atomic E-state index is 11.9. The van der Waals surface area contributed by atoms with Crippen molar-refractivity contribution in [2.24, 2.45) is 0 Å². The van der Waals surface area contributed by atoms with Crippen LogP contribution in [-0.4, -0.2) is 30.4 Å². The summed E-state index contributed by atoms with van der Waals surface area (Å²) in [4.78, 5) is 14.0. The smallest absolute Gasteiger partial charge is 0.238 e. The zero-order valence-electron chi connectivity index (χ0n) is 11.8. The van der Waals surface area contributed by atoms with E-state index in [1.165, 1.54) is 0 Å². The van der Waals surface area contributed by atoms with Crippen LogP contribution in [0, 0.1) is 6.92 Å². The molecule has 0 bridgehead atoms. The molecule has 0 atom stereocenters. The highest BCUT2D eigenvalue weighted by atomic mass is 35.5. The Balaban J connectivity index is 2.58. The number of carbonyl (C=O) groups is 1.